The molecule has 29 heavy (non-hydrogen) atoms. The summed E-state index contributed by atoms with van der Waals surface area (Å²) in [7, 11) is 0. The first kappa shape index (κ1) is 18.1. The lowest BCUT2D eigenvalue weighted by Gasteiger charge is -2.31. The van der Waals surface area contributed by atoms with Gasteiger partial charge >= 0.3 is 0 Å². The van der Waals surface area contributed by atoms with Gasteiger partial charge in [0.15, 0.2) is 5.78 Å². The maximum atomic E-state index is 13.7. The van der Waals surface area contributed by atoms with Crippen molar-refractivity contribution in [1.82, 2.24) is 0 Å². The molecule has 1 atom stereocenters. The average molecular weight is 405 g/mol. The predicted octanol–water partition coefficient (Wildman–Crippen LogP) is 6.50. The zero-order valence-electron chi connectivity index (χ0n) is 15.6. The minimum absolute atomic E-state index is 0.00148. The summed E-state index contributed by atoms with van der Waals surface area (Å²) < 4.78 is 13.6. The Hall–Kier alpha value is -2.91. The molecule has 0 spiro atoms. The summed E-state index contributed by atoms with van der Waals surface area (Å²) in [4.78, 5) is 13.7. The Kier molecular flexibility index (Phi) is 4.29. The first-order chi connectivity index (χ1) is 14.0. The van der Waals surface area contributed by atoms with E-state index >= 15 is 0 Å². The van der Waals surface area contributed by atoms with Gasteiger partial charge in [0.2, 0.25) is 0 Å². The second-order valence-electron chi connectivity index (χ2n) is 7.61. The highest BCUT2D eigenvalue weighted by Crippen LogP contribution is 2.45. The lowest BCUT2D eigenvalue weighted by atomic mass is 9.71. The summed E-state index contributed by atoms with van der Waals surface area (Å²) >= 11 is 5.97. The molecule has 2 aliphatic carbocycles. The van der Waals surface area contributed by atoms with Crippen LogP contribution in [0.15, 0.2) is 66.3 Å². The van der Waals surface area contributed by atoms with Gasteiger partial charge in [-0.2, -0.15) is 0 Å². The van der Waals surface area contributed by atoms with Crippen molar-refractivity contribution in [2.45, 2.75) is 19.3 Å². The van der Waals surface area contributed by atoms with Gasteiger partial charge in [-0.1, -0.05) is 59.7 Å². The van der Waals surface area contributed by atoms with E-state index < -0.39 is 5.82 Å². The fourth-order valence-corrected chi connectivity index (χ4v) is 4.80. The third-order valence-corrected chi connectivity index (χ3v) is 6.22. The van der Waals surface area contributed by atoms with Gasteiger partial charge in [-0.25, -0.2) is 4.39 Å². The van der Waals surface area contributed by atoms with E-state index in [1.165, 1.54) is 6.07 Å². The fourth-order valence-electron chi connectivity index (χ4n) is 4.60. The maximum Gasteiger partial charge on any atom is 0.171 e. The van der Waals surface area contributed by atoms with Crippen LogP contribution in [0.2, 0.25) is 5.02 Å². The van der Waals surface area contributed by atoms with E-state index in [4.69, 9.17) is 11.6 Å². The summed E-state index contributed by atoms with van der Waals surface area (Å²) in [6.07, 6.45) is 6.37. The van der Waals surface area contributed by atoms with Gasteiger partial charge < -0.3 is 5.11 Å². The van der Waals surface area contributed by atoms with Gasteiger partial charge in [0, 0.05) is 16.9 Å². The van der Waals surface area contributed by atoms with Crippen LogP contribution >= 0.6 is 11.6 Å². The number of hydrogen-bond donors (Lipinski definition) is 1. The topological polar surface area (TPSA) is 37.3 Å². The van der Waals surface area contributed by atoms with Crippen LogP contribution in [0.3, 0.4) is 0 Å². The van der Waals surface area contributed by atoms with Crippen LogP contribution < -0.4 is 0 Å². The van der Waals surface area contributed by atoms with E-state index in [9.17, 15) is 14.3 Å². The number of allylic oxidation sites excluding steroid dienone is 4. The lowest BCUT2D eigenvalue weighted by Crippen LogP contribution is -2.27. The van der Waals surface area contributed by atoms with Crippen molar-refractivity contribution in [1.29, 1.82) is 0 Å². The van der Waals surface area contributed by atoms with E-state index in [1.807, 2.05) is 18.2 Å². The third-order valence-electron chi connectivity index (χ3n) is 5.93. The van der Waals surface area contributed by atoms with Gasteiger partial charge in [-0.3, -0.25) is 4.79 Å². The molecule has 4 heteroatoms. The van der Waals surface area contributed by atoms with Crippen LogP contribution in [-0.2, 0) is 6.42 Å². The molecule has 0 heterocycles. The second-order valence-corrected chi connectivity index (χ2v) is 8.02. The quantitative estimate of drug-likeness (QED) is 0.529. The average Bonchev–Trinajstić information content (AvgIpc) is 2.73. The molecule has 1 N–H and O–H groups in total. The lowest BCUT2D eigenvalue weighted by molar-refractivity contribution is 0.0936. The van der Waals surface area contributed by atoms with Crippen molar-refractivity contribution < 1.29 is 14.3 Å². The van der Waals surface area contributed by atoms with Crippen LogP contribution in [-0.4, -0.2) is 10.9 Å². The molecule has 0 amide bonds. The Morgan fingerprint density at radius 3 is 2.83 bits per heavy atom. The molecule has 2 nitrogen and oxygen atoms in total. The first-order valence-electron chi connectivity index (χ1n) is 9.67. The summed E-state index contributed by atoms with van der Waals surface area (Å²) in [5.74, 6) is -0.706. The minimum Gasteiger partial charge on any atom is -0.507 e. The van der Waals surface area contributed by atoms with Gasteiger partial charge in [0.25, 0.3) is 0 Å². The zero-order chi connectivity index (χ0) is 20.1. The predicted molar refractivity (Wildman–Crippen MR) is 114 cm³/mol. The summed E-state index contributed by atoms with van der Waals surface area (Å²) in [6, 6.07) is 13.8. The Bertz CT molecular complexity index is 1240. The van der Waals surface area contributed by atoms with Gasteiger partial charge in [0.05, 0.1) is 5.02 Å². The molecule has 0 fully saturated rings. The number of Topliss-reactive ketones (excluding diaryl/α,β-unsaturated/α-hetero) is 1. The molecule has 3 aromatic rings. The standard InChI is InChI=1S/C25H18ClFO2/c26-20-13-14(8-11-21(20)27)12-19-17-6-2-1-5-16(17)18-10-9-15-4-3-7-22(28)23(15)24(18)25(19)29/h1,3-5,7-11,13,19,28H,2,6,12H2. The van der Waals surface area contributed by atoms with Crippen LogP contribution in [0.1, 0.15) is 34.3 Å². The smallest absolute Gasteiger partial charge is 0.171 e. The largest absolute Gasteiger partial charge is 0.507 e. The monoisotopic (exact) mass is 404 g/mol. The number of ketones is 1. The highest BCUT2D eigenvalue weighted by molar-refractivity contribution is 6.30. The zero-order valence-corrected chi connectivity index (χ0v) is 16.3. The fraction of sp³-hybridized carbons (Fsp3) is 0.160. The third kappa shape index (κ3) is 2.89. The summed E-state index contributed by atoms with van der Waals surface area (Å²) in [5.41, 5.74) is 4.45. The molecular formula is C25H18ClFO2. The number of carbonyl (C=O) groups is 1. The van der Waals surface area contributed by atoms with Gasteiger partial charge in [-0.15, -0.1) is 0 Å². The Morgan fingerprint density at radius 1 is 1.14 bits per heavy atom. The van der Waals surface area contributed by atoms with Crippen LogP contribution in [0.25, 0.3) is 16.3 Å². The number of carbonyl (C=O) groups excluding carboxylic acids is 1. The maximum absolute atomic E-state index is 13.7. The number of phenols is 1. The van der Waals surface area contributed by atoms with Crippen molar-refractivity contribution in [3.63, 3.8) is 0 Å². The molecule has 2 aliphatic rings. The van der Waals surface area contributed by atoms with Gasteiger partial charge in [0.1, 0.15) is 11.6 Å². The van der Waals surface area contributed by atoms with E-state index in [1.54, 1.807) is 24.3 Å². The second kappa shape index (κ2) is 6.85. The normalized spacial score (nSPS) is 18.1. The SMILES string of the molecule is O=C1c2c(ccc3cccc(O)c23)C2=C(CCC=C2)C1Cc1ccc(F)c(Cl)c1. The molecule has 0 saturated carbocycles. The molecule has 3 aromatic carbocycles. The van der Waals surface area contributed by atoms with E-state index in [-0.39, 0.29) is 22.5 Å². The van der Waals surface area contributed by atoms with Crippen molar-refractivity contribution in [2.75, 3.05) is 0 Å². The number of rotatable bonds is 2. The van der Waals surface area contributed by atoms with Crippen molar-refractivity contribution >= 4 is 33.7 Å². The Morgan fingerprint density at radius 2 is 2.00 bits per heavy atom. The van der Waals surface area contributed by atoms with E-state index in [0.29, 0.717) is 17.4 Å². The Balaban J connectivity index is 1.71. The van der Waals surface area contributed by atoms with Crippen molar-refractivity contribution in [3.8, 4) is 5.75 Å². The number of halogens is 2. The summed E-state index contributed by atoms with van der Waals surface area (Å²) in [6.45, 7) is 0. The van der Waals surface area contributed by atoms with Gasteiger partial charge in [-0.05, 0) is 59.5 Å². The van der Waals surface area contributed by atoms with Crippen molar-refractivity contribution in [3.05, 3.63) is 93.8 Å². The molecule has 5 rings (SSSR count). The van der Waals surface area contributed by atoms with Crippen LogP contribution in [0, 0.1) is 11.7 Å². The van der Waals surface area contributed by atoms with Crippen molar-refractivity contribution in [2.24, 2.45) is 5.92 Å². The van der Waals surface area contributed by atoms with E-state index in [2.05, 4.69) is 12.2 Å². The Labute approximate surface area is 172 Å². The molecule has 0 aromatic heterocycles. The van der Waals surface area contributed by atoms with E-state index in [0.717, 1.165) is 40.5 Å². The highest BCUT2D eigenvalue weighted by atomic mass is 35.5. The number of aromatic hydroxyl groups is 1. The van der Waals surface area contributed by atoms with Crippen LogP contribution in [0.5, 0.6) is 5.75 Å². The van der Waals surface area contributed by atoms with Crippen LogP contribution in [0.4, 0.5) is 4.39 Å². The molecule has 0 aliphatic heterocycles. The molecule has 0 saturated heterocycles. The number of fused-ring (bicyclic) bond motifs is 4. The molecule has 0 radical (unpaired) electrons. The molecular weight excluding hydrogens is 387 g/mol. The molecule has 0 bridgehead atoms. The number of phenolic OH excluding ortho intramolecular Hbond substituents is 1. The summed E-state index contributed by atoms with van der Waals surface area (Å²) in [5, 5.41) is 12.0. The molecule has 144 valence electrons. The number of hydrogen-bond acceptors (Lipinski definition) is 2. The minimum atomic E-state index is -0.466. The molecule has 1 unspecified atom stereocenters. The highest BCUT2D eigenvalue weighted by Gasteiger charge is 2.35. The number of benzene rings is 3. The first-order valence-corrected chi connectivity index (χ1v) is 10.0.